The Morgan fingerprint density at radius 1 is 1.32 bits per heavy atom. The highest BCUT2D eigenvalue weighted by molar-refractivity contribution is 14.0. The van der Waals surface area contributed by atoms with Gasteiger partial charge < -0.3 is 20.4 Å². The maximum Gasteiger partial charge on any atom is 0.239 e. The largest absolute Gasteiger partial charge is 0.467 e. The van der Waals surface area contributed by atoms with Crippen LogP contribution in [0.1, 0.15) is 37.9 Å². The van der Waals surface area contributed by atoms with Gasteiger partial charge in [-0.2, -0.15) is 0 Å². The summed E-state index contributed by atoms with van der Waals surface area (Å²) in [6.45, 7) is 0.606. The van der Waals surface area contributed by atoms with E-state index in [4.69, 9.17) is 4.42 Å². The van der Waals surface area contributed by atoms with E-state index in [1.54, 1.807) is 19.4 Å². The highest BCUT2D eigenvalue weighted by Crippen LogP contribution is 2.17. The molecule has 0 aliphatic heterocycles. The van der Waals surface area contributed by atoms with Crippen LogP contribution in [0.25, 0.3) is 0 Å². The fourth-order valence-corrected chi connectivity index (χ4v) is 2.46. The number of nitrogens with one attached hydrogen (secondary N) is 3. The van der Waals surface area contributed by atoms with Crippen molar-refractivity contribution < 1.29 is 9.21 Å². The zero-order valence-corrected chi connectivity index (χ0v) is 15.3. The van der Waals surface area contributed by atoms with Crippen LogP contribution in [0.15, 0.2) is 27.8 Å². The molecule has 0 aromatic carbocycles. The Hall–Kier alpha value is -1.25. The van der Waals surface area contributed by atoms with E-state index in [0.29, 0.717) is 18.5 Å². The number of carbonyl (C=O) groups is 1. The highest BCUT2D eigenvalue weighted by Gasteiger charge is 2.14. The average Bonchev–Trinajstić information content (AvgIpc) is 3.03. The molecule has 0 radical (unpaired) electrons. The van der Waals surface area contributed by atoms with Crippen LogP contribution in [0, 0.1) is 0 Å². The number of carbonyl (C=O) groups excluding carboxylic acids is 1. The topological polar surface area (TPSA) is 78.7 Å². The second kappa shape index (κ2) is 10.5. The predicted molar refractivity (Wildman–Crippen MR) is 97.3 cm³/mol. The van der Waals surface area contributed by atoms with E-state index in [1.165, 1.54) is 32.1 Å². The summed E-state index contributed by atoms with van der Waals surface area (Å²) in [6.07, 6.45) is 7.78. The molecule has 0 atom stereocenters. The van der Waals surface area contributed by atoms with Gasteiger partial charge in [0.15, 0.2) is 5.96 Å². The summed E-state index contributed by atoms with van der Waals surface area (Å²) in [4.78, 5) is 15.9. The van der Waals surface area contributed by atoms with Crippen molar-refractivity contribution in [3.05, 3.63) is 24.2 Å². The number of nitrogens with zero attached hydrogens (tertiary/aromatic N) is 1. The third kappa shape index (κ3) is 6.67. The summed E-state index contributed by atoms with van der Waals surface area (Å²) < 4.78 is 5.16. The summed E-state index contributed by atoms with van der Waals surface area (Å²) in [7, 11) is 1.72. The molecule has 6 nitrogen and oxygen atoms in total. The molecule has 1 aliphatic carbocycles. The minimum absolute atomic E-state index is 0. The van der Waals surface area contributed by atoms with Gasteiger partial charge in [0, 0.05) is 13.1 Å². The number of halogens is 1. The Morgan fingerprint density at radius 2 is 2.09 bits per heavy atom. The van der Waals surface area contributed by atoms with E-state index < -0.39 is 0 Å². The van der Waals surface area contributed by atoms with Crippen molar-refractivity contribution in [3.63, 3.8) is 0 Å². The molecule has 0 unspecified atom stereocenters. The lowest BCUT2D eigenvalue weighted by atomic mass is 9.96. The van der Waals surface area contributed by atoms with Crippen molar-refractivity contribution in [1.82, 2.24) is 16.0 Å². The van der Waals surface area contributed by atoms with Gasteiger partial charge in [0.25, 0.3) is 0 Å². The Morgan fingerprint density at radius 3 is 2.73 bits per heavy atom. The smallest absolute Gasteiger partial charge is 0.239 e. The van der Waals surface area contributed by atoms with Crippen molar-refractivity contribution in [2.45, 2.75) is 44.7 Å². The Kier molecular flexibility index (Phi) is 8.95. The molecule has 1 amide bonds. The van der Waals surface area contributed by atoms with Gasteiger partial charge in [-0.1, -0.05) is 19.3 Å². The van der Waals surface area contributed by atoms with E-state index >= 15 is 0 Å². The van der Waals surface area contributed by atoms with E-state index in [0.717, 1.165) is 5.76 Å². The molecule has 7 heteroatoms. The van der Waals surface area contributed by atoms with Crippen LogP contribution in [0.4, 0.5) is 0 Å². The third-order valence-corrected chi connectivity index (χ3v) is 3.63. The van der Waals surface area contributed by atoms with Gasteiger partial charge in [0.1, 0.15) is 5.76 Å². The van der Waals surface area contributed by atoms with Crippen LogP contribution >= 0.6 is 24.0 Å². The fourth-order valence-electron chi connectivity index (χ4n) is 2.46. The summed E-state index contributed by atoms with van der Waals surface area (Å²) in [5, 5.41) is 9.20. The molecule has 0 bridgehead atoms. The molecule has 1 aromatic heterocycles. The molecule has 1 saturated carbocycles. The Labute approximate surface area is 148 Å². The van der Waals surface area contributed by atoms with Gasteiger partial charge in [-0.05, 0) is 25.0 Å². The molecule has 124 valence electrons. The highest BCUT2D eigenvalue weighted by atomic mass is 127. The Balaban J connectivity index is 0.00000242. The number of hydrogen-bond acceptors (Lipinski definition) is 3. The third-order valence-electron chi connectivity index (χ3n) is 3.63. The van der Waals surface area contributed by atoms with E-state index in [-0.39, 0.29) is 36.4 Å². The molecule has 22 heavy (non-hydrogen) atoms. The van der Waals surface area contributed by atoms with Crippen LogP contribution in [-0.4, -0.2) is 31.5 Å². The van der Waals surface area contributed by atoms with Gasteiger partial charge in [0.2, 0.25) is 5.91 Å². The van der Waals surface area contributed by atoms with E-state index in [2.05, 4.69) is 20.9 Å². The molecule has 1 aliphatic rings. The number of guanidine groups is 1. The summed E-state index contributed by atoms with van der Waals surface area (Å²) in [6, 6.07) is 4.10. The number of aliphatic imine (C=N–C) groups is 1. The Bertz CT molecular complexity index is 456. The summed E-state index contributed by atoms with van der Waals surface area (Å²) in [5.41, 5.74) is 0. The van der Waals surface area contributed by atoms with Gasteiger partial charge in [0.05, 0.1) is 19.4 Å². The molecule has 1 aromatic rings. The monoisotopic (exact) mass is 420 g/mol. The lowest BCUT2D eigenvalue weighted by molar-refractivity contribution is -0.120. The maximum atomic E-state index is 11.8. The normalized spacial score (nSPS) is 15.8. The molecular formula is C15H25IN4O2. The van der Waals surface area contributed by atoms with Crippen molar-refractivity contribution in [3.8, 4) is 0 Å². The first-order valence-electron chi connectivity index (χ1n) is 7.54. The second-order valence-electron chi connectivity index (χ2n) is 5.26. The first kappa shape index (κ1) is 18.8. The van der Waals surface area contributed by atoms with E-state index in [1.807, 2.05) is 6.07 Å². The second-order valence-corrected chi connectivity index (χ2v) is 5.26. The van der Waals surface area contributed by atoms with Crippen LogP contribution in [0.5, 0.6) is 0 Å². The molecule has 2 rings (SSSR count). The maximum absolute atomic E-state index is 11.8. The lowest BCUT2D eigenvalue weighted by Crippen LogP contribution is -2.47. The van der Waals surface area contributed by atoms with Gasteiger partial charge >= 0.3 is 0 Å². The molecule has 0 spiro atoms. The van der Waals surface area contributed by atoms with Gasteiger partial charge in [-0.15, -0.1) is 24.0 Å². The van der Waals surface area contributed by atoms with Crippen LogP contribution in [-0.2, 0) is 11.3 Å². The minimum atomic E-state index is -0.0852. The van der Waals surface area contributed by atoms with Crippen molar-refractivity contribution >= 4 is 35.8 Å². The molecule has 1 fully saturated rings. The molecule has 1 heterocycles. The number of furan rings is 1. The SMILES string of the molecule is CN=C(NCC(=O)NCc1ccco1)NC1CCCCC1.I. The van der Waals surface area contributed by atoms with Crippen LogP contribution < -0.4 is 16.0 Å². The van der Waals surface area contributed by atoms with Gasteiger partial charge in [-0.3, -0.25) is 9.79 Å². The minimum Gasteiger partial charge on any atom is -0.467 e. The zero-order chi connectivity index (χ0) is 14.9. The number of hydrogen-bond donors (Lipinski definition) is 3. The summed E-state index contributed by atoms with van der Waals surface area (Å²) in [5.74, 6) is 1.35. The molecule has 3 N–H and O–H groups in total. The van der Waals surface area contributed by atoms with Crippen molar-refractivity contribution in [1.29, 1.82) is 0 Å². The number of amides is 1. The quantitative estimate of drug-likeness (QED) is 0.387. The predicted octanol–water partition coefficient (Wildman–Crippen LogP) is 2.01. The molecule has 0 saturated heterocycles. The van der Waals surface area contributed by atoms with Crippen LogP contribution in [0.3, 0.4) is 0 Å². The first-order chi connectivity index (χ1) is 10.3. The number of rotatable bonds is 5. The van der Waals surface area contributed by atoms with E-state index in [9.17, 15) is 4.79 Å². The van der Waals surface area contributed by atoms with Crippen molar-refractivity contribution in [2.75, 3.05) is 13.6 Å². The fraction of sp³-hybridized carbons (Fsp3) is 0.600. The zero-order valence-electron chi connectivity index (χ0n) is 12.9. The lowest BCUT2D eigenvalue weighted by Gasteiger charge is -2.24. The summed E-state index contributed by atoms with van der Waals surface area (Å²) >= 11 is 0. The average molecular weight is 420 g/mol. The first-order valence-corrected chi connectivity index (χ1v) is 7.54. The van der Waals surface area contributed by atoms with Crippen molar-refractivity contribution in [2.24, 2.45) is 4.99 Å². The molecular weight excluding hydrogens is 395 g/mol. The standard InChI is InChI=1S/C15H24N4O2.HI/c1-16-15(19-12-6-3-2-4-7-12)18-11-14(20)17-10-13-8-5-9-21-13;/h5,8-9,12H,2-4,6-7,10-11H2,1H3,(H,17,20)(H2,16,18,19);1H. The van der Waals surface area contributed by atoms with Crippen LogP contribution in [0.2, 0.25) is 0 Å². The van der Waals surface area contributed by atoms with Gasteiger partial charge in [-0.25, -0.2) is 0 Å².